The van der Waals surface area contributed by atoms with Gasteiger partial charge in [-0.1, -0.05) is 57.2 Å². The van der Waals surface area contributed by atoms with Crippen LogP contribution in [0.15, 0.2) is 12.1 Å². The molecule has 1 aromatic carbocycles. The lowest BCUT2D eigenvalue weighted by molar-refractivity contribution is 0.299. The molecule has 0 atom stereocenters. The molecular weight excluding hydrogens is 295 g/mol. The Morgan fingerprint density at radius 1 is 0.955 bits per heavy atom. The summed E-state index contributed by atoms with van der Waals surface area (Å²) in [6.45, 7) is 10.1. The van der Waals surface area contributed by atoms with Crippen LogP contribution in [0.3, 0.4) is 0 Å². The highest BCUT2D eigenvalue weighted by Crippen LogP contribution is 2.63. The lowest BCUT2D eigenvalue weighted by Gasteiger charge is -2.37. The van der Waals surface area contributed by atoms with Crippen LogP contribution in [0.1, 0.15) is 74.6 Å². The van der Waals surface area contributed by atoms with Crippen molar-refractivity contribution in [2.24, 2.45) is 0 Å². The Bertz CT molecular complexity index is 514. The van der Waals surface area contributed by atoms with Crippen LogP contribution in [0.4, 0.5) is 0 Å². The molecule has 0 unspecified atom stereocenters. The monoisotopic (exact) mass is 326 g/mol. The third-order valence-corrected chi connectivity index (χ3v) is 6.37. The quantitative estimate of drug-likeness (QED) is 0.632. The van der Waals surface area contributed by atoms with Crippen molar-refractivity contribution in [3.05, 3.63) is 34.4 Å². The van der Waals surface area contributed by atoms with Gasteiger partial charge in [-0.3, -0.25) is 4.57 Å². The Morgan fingerprint density at radius 3 is 1.68 bits per heavy atom. The Kier molecular flexibility index (Phi) is 6.85. The first kappa shape index (κ1) is 19.4. The Morgan fingerprint density at radius 2 is 1.36 bits per heavy atom. The summed E-state index contributed by atoms with van der Waals surface area (Å²) in [5.41, 5.74) is 4.04. The van der Waals surface area contributed by atoms with Gasteiger partial charge in [0.1, 0.15) is 0 Å². The zero-order chi connectivity index (χ0) is 17.0. The van der Waals surface area contributed by atoms with E-state index in [-0.39, 0.29) is 0 Å². The van der Waals surface area contributed by atoms with Gasteiger partial charge in [-0.15, -0.1) is 0 Å². The van der Waals surface area contributed by atoms with E-state index in [1.807, 2.05) is 32.9 Å². The third kappa shape index (κ3) is 4.01. The van der Waals surface area contributed by atoms with E-state index in [9.17, 15) is 14.4 Å². The first-order valence-corrected chi connectivity index (χ1v) is 9.94. The van der Waals surface area contributed by atoms with E-state index in [0.29, 0.717) is 12.8 Å². The normalized spacial score (nSPS) is 12.7. The van der Waals surface area contributed by atoms with Crippen molar-refractivity contribution >= 4 is 7.60 Å². The maximum absolute atomic E-state index is 12.5. The SMILES string of the molecule is CCCCC(CCCC)(c1c(C)cc(C)cc1C)P(=O)(O)O. The first-order valence-electron chi connectivity index (χ1n) is 8.33. The summed E-state index contributed by atoms with van der Waals surface area (Å²) in [5.74, 6) is 0. The molecular formula is C18H31O3P. The van der Waals surface area contributed by atoms with Gasteiger partial charge in [-0.2, -0.15) is 0 Å². The van der Waals surface area contributed by atoms with Gasteiger partial charge >= 0.3 is 7.60 Å². The topological polar surface area (TPSA) is 57.5 Å². The molecule has 0 fully saturated rings. The van der Waals surface area contributed by atoms with Crippen LogP contribution in [-0.2, 0) is 9.72 Å². The largest absolute Gasteiger partial charge is 0.336 e. The zero-order valence-electron chi connectivity index (χ0n) is 14.6. The maximum Gasteiger partial charge on any atom is 0.336 e. The summed E-state index contributed by atoms with van der Waals surface area (Å²) in [5, 5.41) is -1.03. The molecule has 0 bridgehead atoms. The molecule has 22 heavy (non-hydrogen) atoms. The summed E-state index contributed by atoms with van der Waals surface area (Å²) in [4.78, 5) is 20.5. The van der Waals surface area contributed by atoms with E-state index >= 15 is 0 Å². The molecule has 1 rings (SSSR count). The molecule has 4 heteroatoms. The molecule has 0 aliphatic rings. The predicted molar refractivity (Wildman–Crippen MR) is 93.4 cm³/mol. The number of benzene rings is 1. The summed E-state index contributed by atoms with van der Waals surface area (Å²) in [6.07, 6.45) is 4.66. The van der Waals surface area contributed by atoms with Crippen molar-refractivity contribution < 1.29 is 14.4 Å². The fraction of sp³-hybridized carbons (Fsp3) is 0.667. The smallest absolute Gasteiger partial charge is 0.324 e. The highest BCUT2D eigenvalue weighted by molar-refractivity contribution is 7.53. The zero-order valence-corrected chi connectivity index (χ0v) is 15.5. The fourth-order valence-corrected chi connectivity index (χ4v) is 5.21. The summed E-state index contributed by atoms with van der Waals surface area (Å²) >= 11 is 0. The number of aryl methyl sites for hydroxylation is 3. The molecule has 0 heterocycles. The van der Waals surface area contributed by atoms with Crippen molar-refractivity contribution in [3.8, 4) is 0 Å². The minimum Gasteiger partial charge on any atom is -0.324 e. The van der Waals surface area contributed by atoms with Crippen molar-refractivity contribution in [1.82, 2.24) is 0 Å². The molecule has 0 radical (unpaired) electrons. The fourth-order valence-electron chi connectivity index (χ4n) is 3.66. The van der Waals surface area contributed by atoms with Crippen LogP contribution in [0.2, 0.25) is 0 Å². The number of hydrogen-bond acceptors (Lipinski definition) is 1. The van der Waals surface area contributed by atoms with E-state index in [1.165, 1.54) is 0 Å². The number of unbranched alkanes of at least 4 members (excludes halogenated alkanes) is 2. The molecule has 126 valence electrons. The molecule has 0 aliphatic carbocycles. The average molecular weight is 326 g/mol. The van der Waals surface area contributed by atoms with E-state index in [2.05, 4.69) is 13.8 Å². The molecule has 0 aromatic heterocycles. The molecule has 0 aliphatic heterocycles. The first-order chi connectivity index (χ1) is 10.2. The van der Waals surface area contributed by atoms with Gasteiger partial charge in [0, 0.05) is 0 Å². The van der Waals surface area contributed by atoms with Gasteiger partial charge in [-0.05, 0) is 50.3 Å². The summed E-state index contributed by atoms with van der Waals surface area (Å²) in [7, 11) is -4.26. The van der Waals surface area contributed by atoms with Crippen LogP contribution < -0.4 is 0 Å². The second kappa shape index (κ2) is 7.77. The minimum atomic E-state index is -4.26. The molecule has 3 nitrogen and oxygen atoms in total. The molecule has 1 aromatic rings. The van der Waals surface area contributed by atoms with Crippen LogP contribution in [-0.4, -0.2) is 9.79 Å². The van der Waals surface area contributed by atoms with E-state index in [4.69, 9.17) is 0 Å². The summed E-state index contributed by atoms with van der Waals surface area (Å²) in [6, 6.07) is 4.09. The van der Waals surface area contributed by atoms with Crippen LogP contribution in [0, 0.1) is 20.8 Å². The van der Waals surface area contributed by atoms with Crippen molar-refractivity contribution in [3.63, 3.8) is 0 Å². The third-order valence-electron chi connectivity index (χ3n) is 4.59. The molecule has 0 amide bonds. The van der Waals surface area contributed by atoms with Crippen LogP contribution in [0.25, 0.3) is 0 Å². The van der Waals surface area contributed by atoms with E-state index in [1.54, 1.807) is 0 Å². The molecule has 2 N–H and O–H groups in total. The highest BCUT2D eigenvalue weighted by Gasteiger charge is 2.48. The Hall–Kier alpha value is -0.630. The van der Waals surface area contributed by atoms with Crippen molar-refractivity contribution in [2.75, 3.05) is 0 Å². The lowest BCUT2D eigenvalue weighted by atomic mass is 9.82. The Labute approximate surface area is 135 Å². The van der Waals surface area contributed by atoms with Crippen LogP contribution in [0.5, 0.6) is 0 Å². The van der Waals surface area contributed by atoms with Gasteiger partial charge in [0.25, 0.3) is 0 Å². The van der Waals surface area contributed by atoms with Crippen molar-refractivity contribution in [2.45, 2.75) is 78.3 Å². The predicted octanol–water partition coefficient (Wildman–Crippen LogP) is 5.37. The standard InChI is InChI=1S/C18H31O3P/c1-6-8-10-18(11-9-7-2,22(19,20)21)17-15(4)12-14(3)13-16(17)5/h12-13H,6-11H2,1-5H3,(H2,19,20,21). The number of hydrogen-bond donors (Lipinski definition) is 2. The second-order valence-corrected chi connectivity index (χ2v) is 8.50. The van der Waals surface area contributed by atoms with Gasteiger partial charge in [0.05, 0.1) is 5.16 Å². The molecule has 0 spiro atoms. The number of rotatable bonds is 8. The van der Waals surface area contributed by atoms with Gasteiger partial charge < -0.3 is 9.79 Å². The van der Waals surface area contributed by atoms with Gasteiger partial charge in [0.2, 0.25) is 0 Å². The van der Waals surface area contributed by atoms with Gasteiger partial charge in [-0.25, -0.2) is 0 Å². The lowest BCUT2D eigenvalue weighted by Crippen LogP contribution is -2.29. The molecule has 0 saturated heterocycles. The van der Waals surface area contributed by atoms with E-state index < -0.39 is 12.8 Å². The van der Waals surface area contributed by atoms with Gasteiger partial charge in [0.15, 0.2) is 0 Å². The molecule has 0 saturated carbocycles. The highest BCUT2D eigenvalue weighted by atomic mass is 31.2. The summed E-state index contributed by atoms with van der Waals surface area (Å²) < 4.78 is 12.5. The Balaban J connectivity index is 3.57. The average Bonchev–Trinajstić information content (AvgIpc) is 2.38. The minimum absolute atomic E-state index is 0.554. The maximum atomic E-state index is 12.5. The van der Waals surface area contributed by atoms with Crippen molar-refractivity contribution in [1.29, 1.82) is 0 Å². The second-order valence-electron chi connectivity index (χ2n) is 6.56. The van der Waals surface area contributed by atoms with Crippen LogP contribution >= 0.6 is 7.60 Å². The van der Waals surface area contributed by atoms with E-state index in [0.717, 1.165) is 47.9 Å².